The van der Waals surface area contributed by atoms with Gasteiger partial charge in [0, 0.05) is 32.1 Å². The van der Waals surface area contributed by atoms with Crippen molar-refractivity contribution in [1.82, 2.24) is 10.2 Å². The minimum atomic E-state index is -0.159. The maximum atomic E-state index is 13.5. The Kier molecular flexibility index (Phi) is 4.53. The van der Waals surface area contributed by atoms with Crippen molar-refractivity contribution in [1.29, 1.82) is 0 Å². The third-order valence-electron chi connectivity index (χ3n) is 5.31. The molecule has 130 valence electrons. The van der Waals surface area contributed by atoms with Gasteiger partial charge in [-0.3, -0.25) is 4.79 Å². The summed E-state index contributed by atoms with van der Waals surface area (Å²) < 4.78 is 13.5. The van der Waals surface area contributed by atoms with Crippen LogP contribution in [0.5, 0.6) is 0 Å². The lowest BCUT2D eigenvalue weighted by atomic mass is 10.1. The van der Waals surface area contributed by atoms with Crippen molar-refractivity contribution in [2.75, 3.05) is 6.54 Å². The van der Waals surface area contributed by atoms with Crippen molar-refractivity contribution in [3.05, 3.63) is 70.5 Å². The molecule has 1 saturated heterocycles. The fourth-order valence-electron chi connectivity index (χ4n) is 3.88. The van der Waals surface area contributed by atoms with Crippen molar-refractivity contribution in [3.63, 3.8) is 0 Å². The van der Waals surface area contributed by atoms with Crippen LogP contribution in [0.1, 0.15) is 47.6 Å². The van der Waals surface area contributed by atoms with Gasteiger partial charge < -0.3 is 10.2 Å². The summed E-state index contributed by atoms with van der Waals surface area (Å²) >= 11 is 0. The summed E-state index contributed by atoms with van der Waals surface area (Å²) in [5.41, 5.74) is 4.74. The van der Waals surface area contributed by atoms with Crippen molar-refractivity contribution in [2.24, 2.45) is 0 Å². The van der Waals surface area contributed by atoms with Crippen LogP contribution in [0.15, 0.2) is 42.5 Å². The number of carbonyl (C=O) groups excluding carboxylic acids is 1. The first-order valence-electron chi connectivity index (χ1n) is 9.06. The molecule has 2 aromatic carbocycles. The lowest BCUT2D eigenvalue weighted by Crippen LogP contribution is -2.23. The first-order valence-corrected chi connectivity index (χ1v) is 9.06. The fraction of sp³-hybridized carbons (Fsp3) is 0.381. The molecule has 4 rings (SSSR count). The SMILES string of the molecule is O=C1CCCN1Cc1ccc(CN[C@@H]2CCc3ccc(F)cc32)cc1. The Labute approximate surface area is 147 Å². The molecule has 1 aliphatic heterocycles. The number of amides is 1. The van der Waals surface area contributed by atoms with E-state index in [4.69, 9.17) is 0 Å². The van der Waals surface area contributed by atoms with Gasteiger partial charge in [0.1, 0.15) is 5.82 Å². The second kappa shape index (κ2) is 6.96. The molecule has 0 spiro atoms. The molecule has 0 aromatic heterocycles. The van der Waals surface area contributed by atoms with Crippen LogP contribution in [0.3, 0.4) is 0 Å². The summed E-state index contributed by atoms with van der Waals surface area (Å²) in [6.45, 7) is 2.35. The number of aryl methyl sites for hydroxylation is 1. The molecule has 1 fully saturated rings. The Morgan fingerprint density at radius 3 is 2.64 bits per heavy atom. The minimum absolute atomic E-state index is 0.159. The number of hydrogen-bond acceptors (Lipinski definition) is 2. The molecule has 1 N–H and O–H groups in total. The summed E-state index contributed by atoms with van der Waals surface area (Å²) in [5, 5.41) is 3.55. The Morgan fingerprint density at radius 1 is 1.08 bits per heavy atom. The van der Waals surface area contributed by atoms with Gasteiger partial charge in [-0.25, -0.2) is 4.39 Å². The number of benzene rings is 2. The van der Waals surface area contributed by atoms with Crippen molar-refractivity contribution >= 4 is 5.91 Å². The third kappa shape index (κ3) is 3.59. The van der Waals surface area contributed by atoms with Crippen LogP contribution in [0.4, 0.5) is 4.39 Å². The number of hydrogen-bond donors (Lipinski definition) is 1. The van der Waals surface area contributed by atoms with Gasteiger partial charge >= 0.3 is 0 Å². The highest BCUT2D eigenvalue weighted by Gasteiger charge is 2.22. The standard InChI is InChI=1S/C21H23FN2O/c22-18-9-7-17-8-10-20(19(17)12-18)23-13-15-3-5-16(6-4-15)14-24-11-1-2-21(24)25/h3-7,9,12,20,23H,1-2,8,10-11,13-14H2/t20-/m1/s1. The smallest absolute Gasteiger partial charge is 0.222 e. The largest absolute Gasteiger partial charge is 0.338 e. The molecule has 1 aliphatic carbocycles. The van der Waals surface area contributed by atoms with Crippen LogP contribution in [0.2, 0.25) is 0 Å². The first-order chi connectivity index (χ1) is 12.2. The number of halogens is 1. The molecule has 2 aliphatic rings. The van der Waals surface area contributed by atoms with Gasteiger partial charge in [0.2, 0.25) is 5.91 Å². The normalized spacial score (nSPS) is 19.5. The highest BCUT2D eigenvalue weighted by atomic mass is 19.1. The molecule has 1 heterocycles. The summed E-state index contributed by atoms with van der Waals surface area (Å²) in [6.07, 6.45) is 3.69. The van der Waals surface area contributed by atoms with Crippen LogP contribution in [-0.4, -0.2) is 17.4 Å². The Bertz CT molecular complexity index is 772. The predicted molar refractivity (Wildman–Crippen MR) is 95.4 cm³/mol. The van der Waals surface area contributed by atoms with Crippen molar-refractivity contribution in [3.8, 4) is 0 Å². The molecule has 4 heteroatoms. The van der Waals surface area contributed by atoms with E-state index in [1.807, 2.05) is 11.0 Å². The molecule has 2 aromatic rings. The highest BCUT2D eigenvalue weighted by molar-refractivity contribution is 5.78. The van der Waals surface area contributed by atoms with Crippen LogP contribution in [0.25, 0.3) is 0 Å². The van der Waals surface area contributed by atoms with E-state index in [0.29, 0.717) is 13.0 Å². The maximum absolute atomic E-state index is 13.5. The van der Waals surface area contributed by atoms with E-state index < -0.39 is 0 Å². The minimum Gasteiger partial charge on any atom is -0.338 e. The van der Waals surface area contributed by atoms with E-state index in [-0.39, 0.29) is 17.8 Å². The number of rotatable bonds is 5. The van der Waals surface area contributed by atoms with Gasteiger partial charge in [-0.1, -0.05) is 30.3 Å². The molecule has 0 bridgehead atoms. The highest BCUT2D eigenvalue weighted by Crippen LogP contribution is 2.31. The molecule has 0 unspecified atom stereocenters. The molecule has 0 saturated carbocycles. The number of fused-ring (bicyclic) bond motifs is 1. The van der Waals surface area contributed by atoms with E-state index >= 15 is 0 Å². The Hall–Kier alpha value is -2.20. The van der Waals surface area contributed by atoms with Crippen LogP contribution in [0, 0.1) is 5.82 Å². The van der Waals surface area contributed by atoms with E-state index in [1.54, 1.807) is 12.1 Å². The summed E-state index contributed by atoms with van der Waals surface area (Å²) in [5.74, 6) is 0.103. The second-order valence-corrected chi connectivity index (χ2v) is 7.05. The molecule has 0 radical (unpaired) electrons. The van der Waals surface area contributed by atoms with Gasteiger partial charge in [-0.2, -0.15) is 0 Å². The topological polar surface area (TPSA) is 32.3 Å². The van der Waals surface area contributed by atoms with E-state index in [9.17, 15) is 9.18 Å². The van der Waals surface area contributed by atoms with E-state index in [0.717, 1.165) is 37.9 Å². The maximum Gasteiger partial charge on any atom is 0.222 e. The van der Waals surface area contributed by atoms with Crippen molar-refractivity contribution in [2.45, 2.75) is 44.8 Å². The van der Waals surface area contributed by atoms with Crippen LogP contribution in [-0.2, 0) is 24.3 Å². The zero-order chi connectivity index (χ0) is 17.2. The average Bonchev–Trinajstić information content (AvgIpc) is 3.20. The summed E-state index contributed by atoms with van der Waals surface area (Å²) in [7, 11) is 0. The second-order valence-electron chi connectivity index (χ2n) is 7.05. The molecule has 25 heavy (non-hydrogen) atoms. The van der Waals surface area contributed by atoms with Crippen LogP contribution < -0.4 is 5.32 Å². The van der Waals surface area contributed by atoms with Gasteiger partial charge in [0.15, 0.2) is 0 Å². The van der Waals surface area contributed by atoms with Gasteiger partial charge in [-0.05, 0) is 53.6 Å². The molecule has 1 atom stereocenters. The van der Waals surface area contributed by atoms with Gasteiger partial charge in [0.05, 0.1) is 0 Å². The van der Waals surface area contributed by atoms with Crippen molar-refractivity contribution < 1.29 is 9.18 Å². The summed E-state index contributed by atoms with van der Waals surface area (Å²) in [6, 6.07) is 13.8. The third-order valence-corrected chi connectivity index (χ3v) is 5.31. The number of carbonyl (C=O) groups is 1. The Balaban J connectivity index is 1.35. The number of nitrogens with one attached hydrogen (secondary N) is 1. The Morgan fingerprint density at radius 2 is 1.88 bits per heavy atom. The summed E-state index contributed by atoms with van der Waals surface area (Å²) in [4.78, 5) is 13.6. The van der Waals surface area contributed by atoms with Crippen LogP contribution >= 0.6 is 0 Å². The fourth-order valence-corrected chi connectivity index (χ4v) is 3.88. The monoisotopic (exact) mass is 338 g/mol. The number of likely N-dealkylation sites (tertiary alicyclic amines) is 1. The molecular weight excluding hydrogens is 315 g/mol. The quantitative estimate of drug-likeness (QED) is 0.901. The number of nitrogens with zero attached hydrogens (tertiary/aromatic N) is 1. The predicted octanol–water partition coefficient (Wildman–Crippen LogP) is 3.73. The lowest BCUT2D eigenvalue weighted by Gasteiger charge is -2.16. The average molecular weight is 338 g/mol. The van der Waals surface area contributed by atoms with Gasteiger partial charge in [-0.15, -0.1) is 0 Å². The zero-order valence-electron chi connectivity index (χ0n) is 14.3. The molecular formula is C21H23FN2O. The zero-order valence-corrected chi connectivity index (χ0v) is 14.3. The first kappa shape index (κ1) is 16.3. The molecule has 3 nitrogen and oxygen atoms in total. The molecule has 1 amide bonds. The van der Waals surface area contributed by atoms with E-state index in [1.165, 1.54) is 16.7 Å². The van der Waals surface area contributed by atoms with E-state index in [2.05, 4.69) is 29.6 Å². The lowest BCUT2D eigenvalue weighted by molar-refractivity contribution is -0.128. The van der Waals surface area contributed by atoms with Gasteiger partial charge in [0.25, 0.3) is 0 Å².